The molecule has 0 heterocycles. The molecule has 0 aliphatic heterocycles. The Labute approximate surface area is 74.5 Å². The van der Waals surface area contributed by atoms with Gasteiger partial charge in [-0.1, -0.05) is 6.92 Å². The molecule has 3 N–H and O–H groups in total. The SMILES string of the molecule is CCC(CCN)NC(=O)C(F)(F)F. The lowest BCUT2D eigenvalue weighted by atomic mass is 10.1. The molecule has 78 valence electrons. The minimum Gasteiger partial charge on any atom is -0.346 e. The van der Waals surface area contributed by atoms with Crippen molar-refractivity contribution in [2.24, 2.45) is 5.73 Å². The maximum Gasteiger partial charge on any atom is 0.471 e. The summed E-state index contributed by atoms with van der Waals surface area (Å²) in [6.07, 6.45) is -4.00. The lowest BCUT2D eigenvalue weighted by Gasteiger charge is -2.16. The van der Waals surface area contributed by atoms with E-state index in [4.69, 9.17) is 5.73 Å². The second-order valence-electron chi connectivity index (χ2n) is 2.65. The van der Waals surface area contributed by atoms with Gasteiger partial charge in [-0.25, -0.2) is 0 Å². The number of alkyl halides is 3. The Kier molecular flexibility index (Phi) is 4.76. The maximum atomic E-state index is 11.7. The Morgan fingerprint density at radius 1 is 1.54 bits per heavy atom. The molecule has 0 saturated heterocycles. The summed E-state index contributed by atoms with van der Waals surface area (Å²) >= 11 is 0. The minimum atomic E-state index is -4.80. The van der Waals surface area contributed by atoms with E-state index in [0.717, 1.165) is 0 Å². The van der Waals surface area contributed by atoms with Gasteiger partial charge < -0.3 is 11.1 Å². The van der Waals surface area contributed by atoms with Gasteiger partial charge in [0.25, 0.3) is 0 Å². The fraction of sp³-hybridized carbons (Fsp3) is 0.857. The molecule has 0 aliphatic rings. The average Bonchev–Trinajstić information content (AvgIpc) is 2.01. The number of halogens is 3. The predicted molar refractivity (Wildman–Crippen MR) is 41.9 cm³/mol. The molecule has 0 rings (SSSR count). The highest BCUT2D eigenvalue weighted by Crippen LogP contribution is 2.15. The Bertz CT molecular complexity index is 170. The second kappa shape index (κ2) is 5.06. The van der Waals surface area contributed by atoms with Crippen LogP contribution in [-0.2, 0) is 4.79 Å². The molecule has 3 nitrogen and oxygen atoms in total. The zero-order chi connectivity index (χ0) is 10.5. The van der Waals surface area contributed by atoms with Crippen LogP contribution in [0.1, 0.15) is 19.8 Å². The third kappa shape index (κ3) is 4.72. The smallest absolute Gasteiger partial charge is 0.346 e. The van der Waals surface area contributed by atoms with Crippen molar-refractivity contribution in [1.29, 1.82) is 0 Å². The van der Waals surface area contributed by atoms with Crippen LogP contribution in [0.4, 0.5) is 13.2 Å². The van der Waals surface area contributed by atoms with Crippen LogP contribution in [0.2, 0.25) is 0 Å². The minimum absolute atomic E-state index is 0.261. The predicted octanol–water partition coefficient (Wildman–Crippen LogP) is 0.792. The summed E-state index contributed by atoms with van der Waals surface area (Å²) in [6, 6.07) is -0.487. The Morgan fingerprint density at radius 2 is 2.08 bits per heavy atom. The molecular weight excluding hydrogens is 185 g/mol. The van der Waals surface area contributed by atoms with Gasteiger partial charge in [0.2, 0.25) is 0 Å². The third-order valence-electron chi connectivity index (χ3n) is 1.60. The van der Waals surface area contributed by atoms with Crippen molar-refractivity contribution >= 4 is 5.91 Å². The molecule has 0 aliphatic carbocycles. The summed E-state index contributed by atoms with van der Waals surface area (Å²) in [5.41, 5.74) is 5.16. The average molecular weight is 198 g/mol. The summed E-state index contributed by atoms with van der Waals surface area (Å²) in [7, 11) is 0. The topological polar surface area (TPSA) is 55.1 Å². The first-order valence-corrected chi connectivity index (χ1v) is 3.99. The van der Waals surface area contributed by atoms with E-state index in [0.29, 0.717) is 12.8 Å². The molecule has 0 aromatic rings. The van der Waals surface area contributed by atoms with Crippen LogP contribution in [0, 0.1) is 0 Å². The summed E-state index contributed by atoms with van der Waals surface area (Å²) in [6.45, 7) is 1.95. The lowest BCUT2D eigenvalue weighted by Crippen LogP contribution is -2.43. The van der Waals surface area contributed by atoms with E-state index in [1.54, 1.807) is 6.92 Å². The fourth-order valence-corrected chi connectivity index (χ4v) is 0.847. The highest BCUT2D eigenvalue weighted by molar-refractivity contribution is 5.81. The third-order valence-corrected chi connectivity index (χ3v) is 1.60. The van der Waals surface area contributed by atoms with Crippen LogP contribution in [0.3, 0.4) is 0 Å². The van der Waals surface area contributed by atoms with Crippen molar-refractivity contribution in [2.45, 2.75) is 32.0 Å². The standard InChI is InChI=1S/C7H13F3N2O/c1-2-5(3-4-11)12-6(13)7(8,9)10/h5H,2-4,11H2,1H3,(H,12,13). The molecule has 0 aromatic carbocycles. The molecular formula is C7H13F3N2O. The monoisotopic (exact) mass is 198 g/mol. The number of rotatable bonds is 4. The van der Waals surface area contributed by atoms with Crippen molar-refractivity contribution in [2.75, 3.05) is 6.54 Å². The molecule has 1 unspecified atom stereocenters. The fourth-order valence-electron chi connectivity index (χ4n) is 0.847. The van der Waals surface area contributed by atoms with Crippen LogP contribution in [0.5, 0.6) is 0 Å². The van der Waals surface area contributed by atoms with E-state index in [-0.39, 0.29) is 6.54 Å². The molecule has 0 aromatic heterocycles. The van der Waals surface area contributed by atoms with Crippen molar-refractivity contribution in [1.82, 2.24) is 5.32 Å². The molecule has 0 bridgehead atoms. The molecule has 6 heteroatoms. The van der Waals surface area contributed by atoms with Gasteiger partial charge in [0.1, 0.15) is 0 Å². The van der Waals surface area contributed by atoms with E-state index in [2.05, 4.69) is 0 Å². The van der Waals surface area contributed by atoms with Crippen LogP contribution >= 0.6 is 0 Å². The molecule has 0 fully saturated rings. The number of hydrogen-bond acceptors (Lipinski definition) is 2. The summed E-state index contributed by atoms with van der Waals surface area (Å²) in [5.74, 6) is -1.90. The van der Waals surface area contributed by atoms with E-state index >= 15 is 0 Å². The first kappa shape index (κ1) is 12.2. The first-order valence-electron chi connectivity index (χ1n) is 3.99. The van der Waals surface area contributed by atoms with E-state index in [1.807, 2.05) is 5.32 Å². The van der Waals surface area contributed by atoms with Crippen LogP contribution in [0.25, 0.3) is 0 Å². The number of nitrogens with two attached hydrogens (primary N) is 1. The van der Waals surface area contributed by atoms with Crippen molar-refractivity contribution in [3.8, 4) is 0 Å². The maximum absolute atomic E-state index is 11.7. The summed E-state index contributed by atoms with van der Waals surface area (Å²) in [5, 5.41) is 1.86. The van der Waals surface area contributed by atoms with Crippen molar-refractivity contribution < 1.29 is 18.0 Å². The highest BCUT2D eigenvalue weighted by Gasteiger charge is 2.39. The van der Waals surface area contributed by atoms with Gasteiger partial charge >= 0.3 is 12.1 Å². The van der Waals surface area contributed by atoms with Gasteiger partial charge in [-0.3, -0.25) is 4.79 Å². The second-order valence-corrected chi connectivity index (χ2v) is 2.65. The molecule has 1 amide bonds. The van der Waals surface area contributed by atoms with Crippen molar-refractivity contribution in [3.63, 3.8) is 0 Å². The van der Waals surface area contributed by atoms with Gasteiger partial charge in [0, 0.05) is 6.04 Å². The molecule has 13 heavy (non-hydrogen) atoms. The number of amides is 1. The summed E-state index contributed by atoms with van der Waals surface area (Å²) < 4.78 is 35.2. The Morgan fingerprint density at radius 3 is 2.38 bits per heavy atom. The van der Waals surface area contributed by atoms with Crippen molar-refractivity contribution in [3.05, 3.63) is 0 Å². The molecule has 0 spiro atoms. The molecule has 0 saturated carbocycles. The van der Waals surface area contributed by atoms with Gasteiger partial charge in [0.15, 0.2) is 0 Å². The van der Waals surface area contributed by atoms with Gasteiger partial charge in [-0.2, -0.15) is 13.2 Å². The van der Waals surface area contributed by atoms with Gasteiger partial charge in [0.05, 0.1) is 0 Å². The molecule has 0 radical (unpaired) electrons. The normalized spacial score (nSPS) is 13.9. The largest absolute Gasteiger partial charge is 0.471 e. The van der Waals surface area contributed by atoms with Crippen LogP contribution in [-0.4, -0.2) is 24.7 Å². The molecule has 1 atom stereocenters. The number of hydrogen-bond donors (Lipinski definition) is 2. The van der Waals surface area contributed by atoms with Gasteiger partial charge in [-0.05, 0) is 19.4 Å². The van der Waals surface area contributed by atoms with E-state index < -0.39 is 18.1 Å². The van der Waals surface area contributed by atoms with Crippen LogP contribution < -0.4 is 11.1 Å². The highest BCUT2D eigenvalue weighted by atomic mass is 19.4. The van der Waals surface area contributed by atoms with Gasteiger partial charge in [-0.15, -0.1) is 0 Å². The zero-order valence-electron chi connectivity index (χ0n) is 7.32. The number of nitrogens with one attached hydrogen (secondary N) is 1. The zero-order valence-corrected chi connectivity index (χ0v) is 7.32. The quantitative estimate of drug-likeness (QED) is 0.701. The number of carbonyl (C=O) groups excluding carboxylic acids is 1. The van der Waals surface area contributed by atoms with E-state index in [9.17, 15) is 18.0 Å². The summed E-state index contributed by atoms with van der Waals surface area (Å²) in [4.78, 5) is 10.4. The van der Waals surface area contributed by atoms with Crippen LogP contribution in [0.15, 0.2) is 0 Å². The lowest BCUT2D eigenvalue weighted by molar-refractivity contribution is -0.174. The Hall–Kier alpha value is -0.780. The first-order chi connectivity index (χ1) is 5.91. The Balaban J connectivity index is 4.01. The van der Waals surface area contributed by atoms with E-state index in [1.165, 1.54) is 0 Å². The number of carbonyl (C=O) groups is 1.